The first-order chi connectivity index (χ1) is 7.97. The van der Waals surface area contributed by atoms with Crippen LogP contribution in [0.3, 0.4) is 0 Å². The largest absolute Gasteiger partial charge is 0.389 e. The summed E-state index contributed by atoms with van der Waals surface area (Å²) in [6, 6.07) is 0.149. The van der Waals surface area contributed by atoms with Crippen LogP contribution in [0.4, 0.5) is 13.2 Å². The second kappa shape index (κ2) is 7.10. The quantitative estimate of drug-likeness (QED) is 0.745. The van der Waals surface area contributed by atoms with Crippen LogP contribution in [0.5, 0.6) is 0 Å². The van der Waals surface area contributed by atoms with Gasteiger partial charge < -0.3 is 10.6 Å². The van der Waals surface area contributed by atoms with E-state index >= 15 is 0 Å². The van der Waals surface area contributed by atoms with Gasteiger partial charge in [-0.25, -0.2) is 0 Å². The number of carbonyl (C=O) groups is 1. The van der Waals surface area contributed by atoms with E-state index in [9.17, 15) is 18.0 Å². The highest BCUT2D eigenvalue weighted by Gasteiger charge is 2.26. The van der Waals surface area contributed by atoms with E-state index in [2.05, 4.69) is 10.6 Å². The number of halogens is 3. The number of rotatable bonds is 5. The summed E-state index contributed by atoms with van der Waals surface area (Å²) in [5.41, 5.74) is 0. The van der Waals surface area contributed by atoms with Crippen LogP contribution in [0.1, 0.15) is 19.3 Å². The fourth-order valence-electron chi connectivity index (χ4n) is 1.56. The van der Waals surface area contributed by atoms with Gasteiger partial charge in [0.2, 0.25) is 5.91 Å². The lowest BCUT2D eigenvalue weighted by Gasteiger charge is -2.22. The van der Waals surface area contributed by atoms with Crippen molar-refractivity contribution in [3.8, 4) is 0 Å². The number of nitrogens with one attached hydrogen (secondary N) is 2. The Kier molecular flexibility index (Phi) is 6.11. The predicted octanol–water partition coefficient (Wildman–Crippen LogP) is 1.54. The molecule has 0 bridgehead atoms. The molecule has 0 saturated carbocycles. The molecule has 100 valence electrons. The Morgan fingerprint density at radius 3 is 2.82 bits per heavy atom. The first-order valence-electron chi connectivity index (χ1n) is 5.62. The fourth-order valence-corrected chi connectivity index (χ4v) is 2.51. The molecule has 1 saturated heterocycles. The van der Waals surface area contributed by atoms with Crippen molar-refractivity contribution in [2.45, 2.75) is 31.5 Å². The molecule has 1 atom stereocenters. The molecule has 1 aliphatic rings. The molecule has 1 heterocycles. The lowest BCUT2D eigenvalue weighted by molar-refractivity contribution is -0.136. The maximum Gasteiger partial charge on any atom is 0.389 e. The molecule has 0 aromatic heterocycles. The van der Waals surface area contributed by atoms with Crippen molar-refractivity contribution in [2.24, 2.45) is 0 Å². The van der Waals surface area contributed by atoms with E-state index in [0.29, 0.717) is 6.42 Å². The van der Waals surface area contributed by atoms with Gasteiger partial charge in [0.15, 0.2) is 0 Å². The second-order valence-electron chi connectivity index (χ2n) is 4.00. The molecule has 1 rings (SSSR count). The summed E-state index contributed by atoms with van der Waals surface area (Å²) in [5.74, 6) is 1.76. The van der Waals surface area contributed by atoms with Gasteiger partial charge in [0.1, 0.15) is 0 Å². The van der Waals surface area contributed by atoms with Gasteiger partial charge in [-0.1, -0.05) is 0 Å². The lowest BCUT2D eigenvalue weighted by Crippen LogP contribution is -2.41. The molecule has 1 fully saturated rings. The minimum Gasteiger partial charge on any atom is -0.356 e. The smallest absolute Gasteiger partial charge is 0.356 e. The summed E-state index contributed by atoms with van der Waals surface area (Å²) in [6.07, 6.45) is -4.68. The van der Waals surface area contributed by atoms with Crippen molar-refractivity contribution in [1.82, 2.24) is 10.6 Å². The maximum atomic E-state index is 11.8. The predicted molar refractivity (Wildman–Crippen MR) is 62.0 cm³/mol. The molecule has 0 aliphatic carbocycles. The third kappa shape index (κ3) is 7.49. The highest BCUT2D eigenvalue weighted by molar-refractivity contribution is 7.99. The Morgan fingerprint density at radius 1 is 1.47 bits per heavy atom. The minimum atomic E-state index is -4.13. The summed E-state index contributed by atoms with van der Waals surface area (Å²) in [6.45, 7) is 0.981. The summed E-state index contributed by atoms with van der Waals surface area (Å²) in [4.78, 5) is 11.4. The average molecular weight is 270 g/mol. The third-order valence-corrected chi connectivity index (χ3v) is 3.52. The van der Waals surface area contributed by atoms with Crippen LogP contribution in [-0.2, 0) is 4.79 Å². The van der Waals surface area contributed by atoms with Crippen molar-refractivity contribution in [2.75, 3.05) is 24.6 Å². The van der Waals surface area contributed by atoms with E-state index in [0.717, 1.165) is 18.1 Å². The fraction of sp³-hybridized carbons (Fsp3) is 0.900. The van der Waals surface area contributed by atoms with Crippen LogP contribution in [-0.4, -0.2) is 42.7 Å². The number of hydrogen-bond acceptors (Lipinski definition) is 3. The Labute approximate surface area is 103 Å². The van der Waals surface area contributed by atoms with Crippen LogP contribution in [0.2, 0.25) is 0 Å². The SMILES string of the molecule is O=C(CC1CSCCN1)NCCCC(F)(F)F. The van der Waals surface area contributed by atoms with Crippen molar-refractivity contribution in [3.05, 3.63) is 0 Å². The van der Waals surface area contributed by atoms with Crippen LogP contribution >= 0.6 is 11.8 Å². The van der Waals surface area contributed by atoms with E-state index < -0.39 is 12.6 Å². The molecular formula is C10H17F3N2OS. The number of amides is 1. The Bertz CT molecular complexity index is 242. The topological polar surface area (TPSA) is 41.1 Å². The van der Waals surface area contributed by atoms with Gasteiger partial charge >= 0.3 is 6.18 Å². The van der Waals surface area contributed by atoms with Crippen LogP contribution < -0.4 is 10.6 Å². The van der Waals surface area contributed by atoms with Gasteiger partial charge in [-0.15, -0.1) is 0 Å². The molecule has 0 aromatic rings. The molecular weight excluding hydrogens is 253 g/mol. The molecule has 2 N–H and O–H groups in total. The first-order valence-corrected chi connectivity index (χ1v) is 6.77. The molecule has 0 radical (unpaired) electrons. The highest BCUT2D eigenvalue weighted by atomic mass is 32.2. The lowest BCUT2D eigenvalue weighted by atomic mass is 10.2. The number of carbonyl (C=O) groups excluding carboxylic acids is 1. The van der Waals surface area contributed by atoms with Crippen molar-refractivity contribution < 1.29 is 18.0 Å². The van der Waals surface area contributed by atoms with E-state index in [4.69, 9.17) is 0 Å². The van der Waals surface area contributed by atoms with Crippen LogP contribution in [0.25, 0.3) is 0 Å². The van der Waals surface area contributed by atoms with Gasteiger partial charge in [-0.05, 0) is 6.42 Å². The number of hydrogen-bond donors (Lipinski definition) is 2. The molecule has 17 heavy (non-hydrogen) atoms. The Balaban J connectivity index is 2.04. The number of alkyl halides is 3. The van der Waals surface area contributed by atoms with Crippen molar-refractivity contribution in [1.29, 1.82) is 0 Å². The monoisotopic (exact) mass is 270 g/mol. The first kappa shape index (κ1) is 14.6. The Hall–Kier alpha value is -0.430. The normalized spacial score (nSPS) is 21.2. The molecule has 0 aromatic carbocycles. The van der Waals surface area contributed by atoms with Crippen molar-refractivity contribution in [3.63, 3.8) is 0 Å². The zero-order chi connectivity index (χ0) is 12.7. The molecule has 7 heteroatoms. The molecule has 1 amide bonds. The molecule has 0 spiro atoms. The second-order valence-corrected chi connectivity index (χ2v) is 5.15. The van der Waals surface area contributed by atoms with E-state index in [-0.39, 0.29) is 24.9 Å². The zero-order valence-corrected chi connectivity index (χ0v) is 10.3. The average Bonchev–Trinajstić information content (AvgIpc) is 2.25. The summed E-state index contributed by atoms with van der Waals surface area (Å²) in [7, 11) is 0. The zero-order valence-electron chi connectivity index (χ0n) is 9.48. The summed E-state index contributed by atoms with van der Waals surface area (Å²) < 4.78 is 35.5. The third-order valence-electron chi connectivity index (χ3n) is 2.39. The molecule has 1 aliphatic heterocycles. The van der Waals surface area contributed by atoms with Gasteiger partial charge in [-0.3, -0.25) is 4.79 Å². The molecule has 3 nitrogen and oxygen atoms in total. The van der Waals surface area contributed by atoms with Crippen LogP contribution in [0, 0.1) is 0 Å². The minimum absolute atomic E-state index is 0.0535. The van der Waals surface area contributed by atoms with Gasteiger partial charge in [0.25, 0.3) is 0 Å². The molecule has 1 unspecified atom stereocenters. The van der Waals surface area contributed by atoms with Crippen molar-refractivity contribution >= 4 is 17.7 Å². The van der Waals surface area contributed by atoms with Gasteiger partial charge in [0, 0.05) is 43.5 Å². The maximum absolute atomic E-state index is 11.8. The standard InChI is InChI=1S/C10H17F3N2OS/c11-10(12,13)2-1-3-15-9(16)6-8-7-17-5-4-14-8/h8,14H,1-7H2,(H,15,16). The van der Waals surface area contributed by atoms with Gasteiger partial charge in [-0.2, -0.15) is 24.9 Å². The van der Waals surface area contributed by atoms with Gasteiger partial charge in [0.05, 0.1) is 0 Å². The highest BCUT2D eigenvalue weighted by Crippen LogP contribution is 2.20. The Morgan fingerprint density at radius 2 is 2.24 bits per heavy atom. The van der Waals surface area contributed by atoms with Crippen LogP contribution in [0.15, 0.2) is 0 Å². The van der Waals surface area contributed by atoms with E-state index in [1.54, 1.807) is 11.8 Å². The summed E-state index contributed by atoms with van der Waals surface area (Å²) in [5, 5.41) is 5.72. The van der Waals surface area contributed by atoms with E-state index in [1.807, 2.05) is 0 Å². The van der Waals surface area contributed by atoms with E-state index in [1.165, 1.54) is 0 Å². The number of thioether (sulfide) groups is 1. The summed E-state index contributed by atoms with van der Waals surface area (Å²) >= 11 is 1.79.